The van der Waals surface area contributed by atoms with E-state index >= 15 is 0 Å². The van der Waals surface area contributed by atoms with E-state index < -0.39 is 0 Å². The summed E-state index contributed by atoms with van der Waals surface area (Å²) in [4.78, 5) is 0. The molecule has 0 atom stereocenters. The van der Waals surface area contributed by atoms with Gasteiger partial charge in [0.1, 0.15) is 0 Å². The van der Waals surface area contributed by atoms with Gasteiger partial charge in [0, 0.05) is 0 Å². The van der Waals surface area contributed by atoms with Crippen molar-refractivity contribution in [1.29, 1.82) is 0 Å². The second-order valence-corrected chi connectivity index (χ2v) is 1.08. The second kappa shape index (κ2) is 7.57. The largest absolute Gasteiger partial charge is 1.00 e. The van der Waals surface area contributed by atoms with Gasteiger partial charge in [-0.3, -0.25) is 0 Å². The average Bonchev–Trinajstić information content (AvgIpc) is 1.72. The zero-order valence-electron chi connectivity index (χ0n) is 4.89. The maximum absolute atomic E-state index is 2.89. The topological polar surface area (TPSA) is 0 Å². The van der Waals surface area contributed by atoms with Crippen LogP contribution in [-0.4, -0.2) is 0 Å². The van der Waals surface area contributed by atoms with Crippen LogP contribution in [0.2, 0.25) is 0 Å². The van der Waals surface area contributed by atoms with Gasteiger partial charge in [-0.2, -0.15) is 49.9 Å². The standard InChI is InChI=1S/C6H5.Na.H2S/c1-2-4-6-5-3-1;;/h1-5H;;1H2/q-1;+1;. The predicted molar refractivity (Wildman–Crippen MR) is 35.7 cm³/mol. The normalized spacial score (nSPS) is 6.00. The van der Waals surface area contributed by atoms with E-state index in [1.54, 1.807) is 0 Å². The zero-order chi connectivity index (χ0) is 4.24. The summed E-state index contributed by atoms with van der Waals surface area (Å²) in [5.41, 5.74) is 0. The fourth-order valence-corrected chi connectivity index (χ4v) is 0.342. The molecular weight excluding hydrogens is 127 g/mol. The molecular formula is C6H7NaS. The van der Waals surface area contributed by atoms with Gasteiger partial charge < -0.3 is 0 Å². The van der Waals surface area contributed by atoms with E-state index in [9.17, 15) is 0 Å². The Bertz CT molecular complexity index is 80.5. The third kappa shape index (κ3) is 4.72. The third-order valence-electron chi connectivity index (χ3n) is 0.607. The fourth-order valence-electron chi connectivity index (χ4n) is 0.342. The van der Waals surface area contributed by atoms with Crippen LogP contribution in [0.1, 0.15) is 0 Å². The quantitative estimate of drug-likeness (QED) is 0.302. The van der Waals surface area contributed by atoms with Crippen LogP contribution in [0, 0.1) is 6.07 Å². The molecule has 2 heteroatoms. The van der Waals surface area contributed by atoms with E-state index in [1.807, 2.05) is 30.3 Å². The summed E-state index contributed by atoms with van der Waals surface area (Å²) >= 11 is 0. The molecule has 0 spiro atoms. The molecule has 1 aromatic rings. The van der Waals surface area contributed by atoms with Crippen molar-refractivity contribution in [3.05, 3.63) is 36.4 Å². The Hall–Kier alpha value is 0.570. The van der Waals surface area contributed by atoms with Crippen LogP contribution >= 0.6 is 13.5 Å². The molecule has 0 saturated heterocycles. The van der Waals surface area contributed by atoms with Gasteiger partial charge in [-0.15, -0.1) is 0 Å². The van der Waals surface area contributed by atoms with E-state index in [2.05, 4.69) is 6.07 Å². The van der Waals surface area contributed by atoms with E-state index in [1.165, 1.54) is 0 Å². The molecule has 0 bridgehead atoms. The van der Waals surface area contributed by atoms with Crippen LogP contribution in [0.25, 0.3) is 0 Å². The van der Waals surface area contributed by atoms with Gasteiger partial charge in [0.05, 0.1) is 0 Å². The summed E-state index contributed by atoms with van der Waals surface area (Å²) in [6.07, 6.45) is 0. The molecule has 0 fully saturated rings. The molecule has 0 unspecified atom stereocenters. The van der Waals surface area contributed by atoms with Gasteiger partial charge in [0.15, 0.2) is 0 Å². The summed E-state index contributed by atoms with van der Waals surface area (Å²) in [6.45, 7) is 0. The molecule has 0 aliphatic heterocycles. The maximum atomic E-state index is 2.89. The molecule has 38 valence electrons. The molecule has 0 aliphatic rings. The zero-order valence-corrected chi connectivity index (χ0v) is 7.89. The van der Waals surface area contributed by atoms with E-state index in [4.69, 9.17) is 0 Å². The molecule has 0 aliphatic carbocycles. The Morgan fingerprint density at radius 2 is 1.38 bits per heavy atom. The van der Waals surface area contributed by atoms with Crippen molar-refractivity contribution >= 4 is 13.5 Å². The second-order valence-electron chi connectivity index (χ2n) is 1.08. The summed E-state index contributed by atoms with van der Waals surface area (Å²) in [6, 6.07) is 12.5. The number of hydrogen-bond acceptors (Lipinski definition) is 0. The van der Waals surface area contributed by atoms with Crippen molar-refractivity contribution in [3.8, 4) is 0 Å². The molecule has 0 heterocycles. The van der Waals surface area contributed by atoms with Gasteiger partial charge in [0.25, 0.3) is 0 Å². The van der Waals surface area contributed by atoms with Crippen LogP contribution in [0.15, 0.2) is 30.3 Å². The molecule has 0 N–H and O–H groups in total. The van der Waals surface area contributed by atoms with Gasteiger partial charge in [0.2, 0.25) is 0 Å². The minimum absolute atomic E-state index is 0. The number of benzene rings is 1. The Labute approximate surface area is 79.0 Å². The molecule has 0 aromatic heterocycles. The van der Waals surface area contributed by atoms with Crippen LogP contribution < -0.4 is 29.6 Å². The predicted octanol–water partition coefficient (Wildman–Crippen LogP) is -1.40. The summed E-state index contributed by atoms with van der Waals surface area (Å²) in [7, 11) is 0. The van der Waals surface area contributed by atoms with Gasteiger partial charge >= 0.3 is 29.6 Å². The van der Waals surface area contributed by atoms with Crippen molar-refractivity contribution in [2.24, 2.45) is 0 Å². The van der Waals surface area contributed by atoms with Crippen molar-refractivity contribution < 1.29 is 29.6 Å². The van der Waals surface area contributed by atoms with Gasteiger partial charge in [-0.05, 0) is 0 Å². The first kappa shape index (κ1) is 11.4. The first-order valence-electron chi connectivity index (χ1n) is 1.91. The first-order chi connectivity index (χ1) is 3.00. The number of hydrogen-bond donors (Lipinski definition) is 0. The summed E-state index contributed by atoms with van der Waals surface area (Å²) in [5.74, 6) is 0. The van der Waals surface area contributed by atoms with E-state index in [-0.39, 0.29) is 43.1 Å². The van der Waals surface area contributed by atoms with Crippen molar-refractivity contribution in [1.82, 2.24) is 0 Å². The van der Waals surface area contributed by atoms with Crippen molar-refractivity contribution in [2.75, 3.05) is 0 Å². The Balaban J connectivity index is 0. The smallest absolute Gasteiger partial charge is 0.197 e. The SMILES string of the molecule is S.[Na+].[c-]1ccccc1. The number of rotatable bonds is 0. The van der Waals surface area contributed by atoms with Gasteiger partial charge in [-0.25, -0.2) is 0 Å². The molecule has 0 radical (unpaired) electrons. The molecule has 0 nitrogen and oxygen atoms in total. The Morgan fingerprint density at radius 1 is 0.875 bits per heavy atom. The van der Waals surface area contributed by atoms with Crippen molar-refractivity contribution in [3.63, 3.8) is 0 Å². The fraction of sp³-hybridized carbons (Fsp3) is 0. The monoisotopic (exact) mass is 134 g/mol. The average molecular weight is 134 g/mol. The minimum atomic E-state index is 0. The van der Waals surface area contributed by atoms with E-state index in [0.717, 1.165) is 0 Å². The molecule has 1 rings (SSSR count). The van der Waals surface area contributed by atoms with Gasteiger partial charge in [-0.1, -0.05) is 0 Å². The van der Waals surface area contributed by atoms with E-state index in [0.29, 0.717) is 0 Å². The molecule has 8 heavy (non-hydrogen) atoms. The molecule has 0 saturated carbocycles. The maximum Gasteiger partial charge on any atom is 1.00 e. The molecule has 0 amide bonds. The summed E-state index contributed by atoms with van der Waals surface area (Å²) in [5, 5.41) is 0. The van der Waals surface area contributed by atoms with Crippen LogP contribution in [0.5, 0.6) is 0 Å². The molecule has 1 aromatic carbocycles. The Kier molecular flexibility index (Phi) is 10.8. The first-order valence-corrected chi connectivity index (χ1v) is 1.91. The third-order valence-corrected chi connectivity index (χ3v) is 0.607. The van der Waals surface area contributed by atoms with Crippen molar-refractivity contribution in [2.45, 2.75) is 0 Å². The minimum Gasteiger partial charge on any atom is -0.197 e. The van der Waals surface area contributed by atoms with Crippen LogP contribution in [-0.2, 0) is 0 Å². The van der Waals surface area contributed by atoms with Crippen LogP contribution in [0.4, 0.5) is 0 Å². The Morgan fingerprint density at radius 3 is 1.50 bits per heavy atom. The van der Waals surface area contributed by atoms with Crippen LogP contribution in [0.3, 0.4) is 0 Å². The summed E-state index contributed by atoms with van der Waals surface area (Å²) < 4.78 is 0.